The van der Waals surface area contributed by atoms with Crippen molar-refractivity contribution in [3.05, 3.63) is 148 Å². The van der Waals surface area contributed by atoms with E-state index in [1.165, 1.54) is 37.4 Å². The summed E-state index contributed by atoms with van der Waals surface area (Å²) in [7, 11) is 1.92. The molecule has 5 aromatic carbocycles. The van der Waals surface area contributed by atoms with Crippen molar-refractivity contribution in [2.75, 3.05) is 23.4 Å². The standard InChI is InChI=1S/C59H69ClFN13O10S2/c1-31(75)50-58(83)73-48(56(81)69-44(51(64)76)26-34-12-17-35-7-2-3-8-36(35)23-34)30-86-85-29-47(72-52(77)41(63)24-32-13-18-38(60)19-14-32)57(82)70-45(25-33-15-20-39(21-16-33)67-59(65)84)54(79)71-46(27-37-28-66-42-11-6-9-40(61)49(37)42)55(80)68-43(53(78)74-50)10-4-5-22-62/h2-3,6-9,11-21,23,28,31,41,43-48,50,66,75H,4-5,10,22,24-27,29-30,62-63H2,1H3,(H2,64,76)(H,68,80)(H,69,81)(H,70,82)(H,71,79)(H,72,77)(H,73,83)(H,74,78)(H3,65,67,84)/t31-,41+,43+,44+,45+,46+,47-,48+,50+/m1/s1. The highest BCUT2D eigenvalue weighted by molar-refractivity contribution is 8.76. The molecule has 0 aliphatic carbocycles. The quantitative estimate of drug-likeness (QED) is 0.0408. The van der Waals surface area contributed by atoms with Gasteiger partial charge in [0.15, 0.2) is 0 Å². The zero-order valence-corrected chi connectivity index (χ0v) is 49.1. The van der Waals surface area contributed by atoms with Crippen LogP contribution < -0.4 is 65.5 Å². The van der Waals surface area contributed by atoms with E-state index in [1.54, 1.807) is 48.5 Å². The number of aromatic amines is 1. The Morgan fingerprint density at radius 3 is 2.03 bits per heavy atom. The highest BCUT2D eigenvalue weighted by atomic mass is 35.5. The zero-order chi connectivity index (χ0) is 62.0. The molecule has 0 bridgehead atoms. The summed E-state index contributed by atoms with van der Waals surface area (Å²) in [6.07, 6.45) is -0.300. The minimum Gasteiger partial charge on any atom is -0.391 e. The van der Waals surface area contributed by atoms with Gasteiger partial charge in [0, 0.05) is 58.6 Å². The number of anilines is 1. The second kappa shape index (κ2) is 31.2. The van der Waals surface area contributed by atoms with Crippen LogP contribution >= 0.6 is 33.2 Å². The first-order valence-electron chi connectivity index (χ1n) is 27.6. The van der Waals surface area contributed by atoms with Gasteiger partial charge in [-0.15, -0.1) is 0 Å². The number of benzene rings is 5. The van der Waals surface area contributed by atoms with Crippen molar-refractivity contribution in [2.45, 2.75) is 106 Å². The van der Waals surface area contributed by atoms with Gasteiger partial charge >= 0.3 is 6.03 Å². The third-order valence-corrected chi connectivity index (χ3v) is 16.8. The van der Waals surface area contributed by atoms with Crippen molar-refractivity contribution in [1.29, 1.82) is 0 Å². The predicted molar refractivity (Wildman–Crippen MR) is 328 cm³/mol. The summed E-state index contributed by atoms with van der Waals surface area (Å²) in [5.41, 5.74) is 26.1. The Labute approximate surface area is 507 Å². The van der Waals surface area contributed by atoms with Crippen LogP contribution in [0.15, 0.2) is 115 Å². The normalized spacial score (nSPS) is 20.4. The van der Waals surface area contributed by atoms with E-state index in [-0.39, 0.29) is 67.5 Å². The molecule has 0 unspecified atom stereocenters. The van der Waals surface area contributed by atoms with Crippen LogP contribution in [-0.4, -0.2) is 136 Å². The van der Waals surface area contributed by atoms with Crippen molar-refractivity contribution in [3.63, 3.8) is 0 Å². The Morgan fingerprint density at radius 1 is 0.709 bits per heavy atom. The van der Waals surface area contributed by atoms with Gasteiger partial charge in [0.05, 0.1) is 12.1 Å². The molecule has 1 fully saturated rings. The fraction of sp³-hybridized carbons (Fsp3) is 0.339. The molecule has 23 nitrogen and oxygen atoms in total. The van der Waals surface area contributed by atoms with Crippen LogP contribution in [0.2, 0.25) is 5.02 Å². The summed E-state index contributed by atoms with van der Waals surface area (Å²) in [4.78, 5) is 130. The Bertz CT molecular complexity index is 3420. The number of urea groups is 1. The van der Waals surface area contributed by atoms with Gasteiger partial charge in [-0.2, -0.15) is 0 Å². The number of aliphatic hydroxyl groups is 1. The summed E-state index contributed by atoms with van der Waals surface area (Å²) in [5, 5.41) is 34.5. The van der Waals surface area contributed by atoms with Gasteiger partial charge in [-0.05, 0) is 109 Å². The zero-order valence-electron chi connectivity index (χ0n) is 46.7. The number of rotatable bonds is 19. The highest BCUT2D eigenvalue weighted by Gasteiger charge is 2.37. The maximum Gasteiger partial charge on any atom is 0.316 e. The van der Waals surface area contributed by atoms with Gasteiger partial charge in [-0.25, -0.2) is 9.18 Å². The van der Waals surface area contributed by atoms with E-state index in [2.05, 4.69) is 47.5 Å². The lowest BCUT2D eigenvalue weighted by atomic mass is 10.0. The van der Waals surface area contributed by atoms with Gasteiger partial charge in [0.2, 0.25) is 47.3 Å². The number of hydrogen-bond donors (Lipinski definition) is 14. The van der Waals surface area contributed by atoms with Crippen molar-refractivity contribution >= 4 is 114 Å². The summed E-state index contributed by atoms with van der Waals surface area (Å²) in [6, 6.07) is 17.2. The lowest BCUT2D eigenvalue weighted by Gasteiger charge is -2.29. The number of aliphatic hydroxyl groups excluding tert-OH is 1. The lowest BCUT2D eigenvalue weighted by Crippen LogP contribution is -2.62. The average Bonchev–Trinajstić information content (AvgIpc) is 2.74. The van der Waals surface area contributed by atoms with Crippen LogP contribution in [-0.2, 0) is 64.0 Å². The largest absolute Gasteiger partial charge is 0.391 e. The number of halogens is 2. The molecule has 1 saturated heterocycles. The van der Waals surface area contributed by atoms with E-state index in [0.29, 0.717) is 39.3 Å². The molecule has 0 spiro atoms. The Kier molecular flexibility index (Phi) is 23.7. The molecule has 7 rings (SSSR count). The Morgan fingerprint density at radius 2 is 1.35 bits per heavy atom. The number of nitrogens with two attached hydrogens (primary N) is 4. The molecule has 6 aromatic rings. The highest BCUT2D eigenvalue weighted by Crippen LogP contribution is 2.26. The first-order chi connectivity index (χ1) is 41.1. The molecule has 18 N–H and O–H groups in total. The van der Waals surface area contributed by atoms with E-state index in [9.17, 15) is 48.3 Å². The van der Waals surface area contributed by atoms with Crippen molar-refractivity contribution in [3.8, 4) is 0 Å². The van der Waals surface area contributed by atoms with Gasteiger partial charge in [0.1, 0.15) is 48.1 Å². The minimum absolute atomic E-state index is 0.0140. The topological polar surface area (TPSA) is 390 Å². The van der Waals surface area contributed by atoms with Crippen molar-refractivity contribution in [1.82, 2.24) is 42.2 Å². The van der Waals surface area contributed by atoms with Crippen molar-refractivity contribution < 1.29 is 52.6 Å². The molecule has 1 aliphatic rings. The van der Waals surface area contributed by atoms with E-state index in [4.69, 9.17) is 34.5 Å². The molecule has 0 radical (unpaired) electrons. The maximum atomic E-state index is 15.6. The molecule has 0 saturated carbocycles. The van der Waals surface area contributed by atoms with E-state index < -0.39 is 114 Å². The van der Waals surface area contributed by atoms with Crippen molar-refractivity contribution in [2.24, 2.45) is 22.9 Å². The summed E-state index contributed by atoms with van der Waals surface area (Å²) in [6.45, 7) is 1.41. The van der Waals surface area contributed by atoms with Gasteiger partial charge < -0.3 is 75.6 Å². The third-order valence-electron chi connectivity index (χ3n) is 14.2. The van der Waals surface area contributed by atoms with Crippen LogP contribution in [0.25, 0.3) is 21.7 Å². The maximum absolute atomic E-state index is 15.6. The number of fused-ring (bicyclic) bond motifs is 2. The first-order valence-corrected chi connectivity index (χ1v) is 30.4. The molecule has 456 valence electrons. The number of primary amides is 2. The monoisotopic (exact) mass is 1240 g/mol. The number of hydrogen-bond acceptors (Lipinski definition) is 14. The molecular weight excluding hydrogens is 1170 g/mol. The van der Waals surface area contributed by atoms with E-state index in [1.807, 2.05) is 36.4 Å². The number of carbonyl (C=O) groups is 9. The number of carbonyl (C=O) groups excluding carboxylic acids is 9. The molecule has 1 aliphatic heterocycles. The smallest absolute Gasteiger partial charge is 0.316 e. The first kappa shape index (κ1) is 65.3. The predicted octanol–water partition coefficient (Wildman–Crippen LogP) is 1.99. The van der Waals surface area contributed by atoms with Crippen LogP contribution in [0.4, 0.5) is 14.9 Å². The minimum atomic E-state index is -1.77. The van der Waals surface area contributed by atoms with E-state index in [0.717, 1.165) is 32.4 Å². The number of H-pyrrole nitrogens is 1. The van der Waals surface area contributed by atoms with Gasteiger partial charge in [-0.1, -0.05) is 106 Å². The lowest BCUT2D eigenvalue weighted by molar-refractivity contribution is -0.136. The third kappa shape index (κ3) is 18.6. The van der Waals surface area contributed by atoms with Gasteiger partial charge in [-0.3, -0.25) is 38.4 Å². The molecule has 1 aromatic heterocycles. The fourth-order valence-corrected chi connectivity index (χ4v) is 12.0. The second-order valence-corrected chi connectivity index (χ2v) is 23.7. The molecule has 27 heteroatoms. The summed E-state index contributed by atoms with van der Waals surface area (Å²) in [5.74, 6) is -8.63. The average molecular weight is 1240 g/mol. The van der Waals surface area contributed by atoms with Crippen LogP contribution in [0.5, 0.6) is 0 Å². The fourth-order valence-electron chi connectivity index (χ4n) is 9.55. The van der Waals surface area contributed by atoms with Crippen LogP contribution in [0, 0.1) is 5.82 Å². The van der Waals surface area contributed by atoms with Crippen LogP contribution in [0.1, 0.15) is 48.4 Å². The Balaban J connectivity index is 1.27. The molecule has 9 atom stereocenters. The number of aromatic nitrogens is 1. The second-order valence-electron chi connectivity index (χ2n) is 20.7. The molecule has 86 heavy (non-hydrogen) atoms. The number of amides is 10. The summed E-state index contributed by atoms with van der Waals surface area (Å²) >= 11 is 6.10. The molecular formula is C59H69ClFN13O10S2. The SMILES string of the molecule is C[C@@H](O)[C@@H]1NC(=O)[C@H](CCCCN)NC(=O)[C@H](Cc2c[nH]c3cccc(F)c23)NC(=O)[C@H](Cc2ccc(NC(N)=O)cc2)NC(=O)[C@H](NC(=O)[C@@H](N)Cc2ccc(Cl)cc2)CSSC[C@@H](C(=O)N[C@@H](Cc2ccc3ccccc3c2)C(N)=O)NC1=O. The summed E-state index contributed by atoms with van der Waals surface area (Å²) < 4.78 is 15.6. The number of nitrogens with one attached hydrogen (secondary N) is 9. The molecule has 2 heterocycles. The van der Waals surface area contributed by atoms with Crippen LogP contribution in [0.3, 0.4) is 0 Å². The van der Waals surface area contributed by atoms with E-state index >= 15 is 4.39 Å². The van der Waals surface area contributed by atoms with Gasteiger partial charge in [0.25, 0.3) is 0 Å². The Hall–Kier alpha value is -8.27. The molecule has 10 amide bonds. The number of unbranched alkanes of at least 4 members (excludes halogenated alkanes) is 1.